The van der Waals surface area contributed by atoms with Crippen molar-refractivity contribution < 1.29 is 19.4 Å². The highest BCUT2D eigenvalue weighted by Gasteiger charge is 2.28. The maximum atomic E-state index is 12.2. The number of hydrogen-bond donors (Lipinski definition) is 1. The van der Waals surface area contributed by atoms with E-state index in [0.29, 0.717) is 40.3 Å². The summed E-state index contributed by atoms with van der Waals surface area (Å²) in [6.07, 6.45) is 3.50. The molecule has 0 fully saturated rings. The highest BCUT2D eigenvalue weighted by molar-refractivity contribution is 6.06. The fourth-order valence-electron chi connectivity index (χ4n) is 4.18. The number of carboxylic acids is 1. The molecule has 0 saturated carbocycles. The topological polar surface area (TPSA) is 92.4 Å². The lowest BCUT2D eigenvalue weighted by Gasteiger charge is -2.26. The van der Waals surface area contributed by atoms with Crippen LogP contribution in [-0.4, -0.2) is 29.8 Å². The van der Waals surface area contributed by atoms with Gasteiger partial charge in [0.05, 0.1) is 23.9 Å². The zero-order valence-electron chi connectivity index (χ0n) is 17.4. The summed E-state index contributed by atoms with van der Waals surface area (Å²) in [6, 6.07) is 14.8. The molecule has 31 heavy (non-hydrogen) atoms. The lowest BCUT2D eigenvalue weighted by molar-refractivity contribution is 0.0697. The summed E-state index contributed by atoms with van der Waals surface area (Å²) < 4.78 is 10.8. The van der Waals surface area contributed by atoms with E-state index >= 15 is 0 Å². The molecule has 0 radical (unpaired) electrons. The fraction of sp³-hybridized carbons (Fsp3) is 0.240. The van der Waals surface area contributed by atoms with Gasteiger partial charge in [0.1, 0.15) is 6.07 Å². The Balaban J connectivity index is 1.86. The second-order valence-corrected chi connectivity index (χ2v) is 7.68. The molecule has 3 aromatic rings. The van der Waals surface area contributed by atoms with Crippen LogP contribution in [0.1, 0.15) is 40.5 Å². The van der Waals surface area contributed by atoms with E-state index in [1.807, 2.05) is 48.5 Å². The number of para-hydroxylation sites is 1. The Bertz CT molecular complexity index is 1240. The Morgan fingerprint density at radius 2 is 2.06 bits per heavy atom. The molecule has 6 heteroatoms. The molecule has 1 aromatic heterocycles. The first-order valence-corrected chi connectivity index (χ1v) is 10.1. The first-order valence-electron chi connectivity index (χ1n) is 10.1. The molecule has 1 N–H and O–H groups in total. The Hall–Kier alpha value is -3.85. The Labute approximate surface area is 180 Å². The van der Waals surface area contributed by atoms with Gasteiger partial charge in [0, 0.05) is 5.39 Å². The highest BCUT2D eigenvalue weighted by atomic mass is 16.5. The van der Waals surface area contributed by atoms with Crippen molar-refractivity contribution in [2.24, 2.45) is 5.92 Å². The lowest BCUT2D eigenvalue weighted by Crippen LogP contribution is -2.17. The average Bonchev–Trinajstić information content (AvgIpc) is 2.76. The number of carbonyl (C=O) groups is 1. The minimum absolute atomic E-state index is 0.0589. The third kappa shape index (κ3) is 3.95. The first kappa shape index (κ1) is 20.4. The van der Waals surface area contributed by atoms with Crippen molar-refractivity contribution in [1.29, 1.82) is 5.26 Å². The van der Waals surface area contributed by atoms with E-state index in [-0.39, 0.29) is 6.61 Å². The van der Waals surface area contributed by atoms with Crippen LogP contribution in [0.15, 0.2) is 42.5 Å². The van der Waals surface area contributed by atoms with Gasteiger partial charge < -0.3 is 14.6 Å². The standard InChI is InChI=1S/C25H22N2O4/c1-15-11-17(13-16-7-8-21(31-10-9-26)22(14-16)30-2)24-19(12-15)23(25(28)29)18-5-3-4-6-20(18)27-24/h3-8,13-15H,10-12H2,1-2H3,(H,28,29). The van der Waals surface area contributed by atoms with Crippen molar-refractivity contribution in [2.45, 2.75) is 19.8 Å². The van der Waals surface area contributed by atoms with E-state index in [9.17, 15) is 9.90 Å². The van der Waals surface area contributed by atoms with Gasteiger partial charge in [-0.05, 0) is 59.7 Å². The molecule has 1 aliphatic rings. The van der Waals surface area contributed by atoms with Crippen molar-refractivity contribution in [3.8, 4) is 17.6 Å². The molecule has 6 nitrogen and oxygen atoms in total. The number of allylic oxidation sites excluding steroid dienone is 1. The van der Waals surface area contributed by atoms with Gasteiger partial charge in [0.15, 0.2) is 18.1 Å². The Kier molecular flexibility index (Phi) is 5.59. The normalized spacial score (nSPS) is 16.5. The summed E-state index contributed by atoms with van der Waals surface area (Å²) in [5.74, 6) is 0.399. The number of ether oxygens (including phenoxy) is 2. The number of nitriles is 1. The first-order chi connectivity index (χ1) is 15.0. The number of benzene rings is 2. The molecule has 0 aliphatic heterocycles. The second-order valence-electron chi connectivity index (χ2n) is 7.68. The van der Waals surface area contributed by atoms with Gasteiger partial charge in [-0.1, -0.05) is 31.2 Å². The van der Waals surface area contributed by atoms with Crippen molar-refractivity contribution in [3.63, 3.8) is 0 Å². The second kappa shape index (κ2) is 8.49. The molecule has 1 unspecified atom stereocenters. The number of pyridine rings is 1. The molecule has 1 atom stereocenters. The zero-order valence-corrected chi connectivity index (χ0v) is 17.4. The van der Waals surface area contributed by atoms with Gasteiger partial charge in [-0.15, -0.1) is 0 Å². The van der Waals surface area contributed by atoms with Crippen molar-refractivity contribution >= 4 is 28.5 Å². The third-order valence-electron chi connectivity index (χ3n) is 5.45. The van der Waals surface area contributed by atoms with Crippen molar-refractivity contribution in [1.82, 2.24) is 4.98 Å². The van der Waals surface area contributed by atoms with Crippen LogP contribution in [-0.2, 0) is 6.42 Å². The number of carboxylic acid groups (broad SMARTS) is 1. The molecule has 0 saturated heterocycles. The highest BCUT2D eigenvalue weighted by Crippen LogP contribution is 2.39. The number of rotatable bonds is 5. The van der Waals surface area contributed by atoms with Gasteiger partial charge in [-0.2, -0.15) is 5.26 Å². The number of fused-ring (bicyclic) bond motifs is 2. The Morgan fingerprint density at radius 3 is 2.81 bits per heavy atom. The average molecular weight is 414 g/mol. The maximum Gasteiger partial charge on any atom is 0.336 e. The van der Waals surface area contributed by atoms with E-state index in [2.05, 4.69) is 6.92 Å². The van der Waals surface area contributed by atoms with Crippen LogP contribution < -0.4 is 9.47 Å². The SMILES string of the molecule is COc1cc(C=C2CC(C)Cc3c2nc2ccccc2c3C(=O)O)ccc1OCC#N. The van der Waals surface area contributed by atoms with E-state index in [1.54, 1.807) is 13.2 Å². The molecule has 0 amide bonds. The molecular weight excluding hydrogens is 392 g/mol. The summed E-state index contributed by atoms with van der Waals surface area (Å²) in [5.41, 5.74) is 4.45. The van der Waals surface area contributed by atoms with Crippen molar-refractivity contribution in [3.05, 3.63) is 64.8 Å². The zero-order chi connectivity index (χ0) is 22.0. The largest absolute Gasteiger partial charge is 0.493 e. The predicted molar refractivity (Wildman–Crippen MR) is 118 cm³/mol. The van der Waals surface area contributed by atoms with Gasteiger partial charge in [-0.25, -0.2) is 9.78 Å². The molecule has 156 valence electrons. The molecule has 4 rings (SSSR count). The summed E-state index contributed by atoms with van der Waals surface area (Å²) >= 11 is 0. The molecular formula is C25H22N2O4. The number of methoxy groups -OCH3 is 1. The van der Waals surface area contributed by atoms with Gasteiger partial charge >= 0.3 is 5.97 Å². The van der Waals surface area contributed by atoms with E-state index in [0.717, 1.165) is 28.8 Å². The summed E-state index contributed by atoms with van der Waals surface area (Å²) in [7, 11) is 1.55. The number of aromatic carboxylic acids is 1. The maximum absolute atomic E-state index is 12.2. The number of aromatic nitrogens is 1. The van der Waals surface area contributed by atoms with Gasteiger partial charge in [0.25, 0.3) is 0 Å². The van der Waals surface area contributed by atoms with Crippen LogP contribution in [0.25, 0.3) is 22.6 Å². The van der Waals surface area contributed by atoms with Crippen LogP contribution in [0.4, 0.5) is 0 Å². The summed E-state index contributed by atoms with van der Waals surface area (Å²) in [4.78, 5) is 17.0. The predicted octanol–water partition coefficient (Wildman–Crippen LogP) is 4.97. The minimum Gasteiger partial charge on any atom is -0.493 e. The van der Waals surface area contributed by atoms with E-state index in [4.69, 9.17) is 19.7 Å². The van der Waals surface area contributed by atoms with Crippen LogP contribution in [0.2, 0.25) is 0 Å². The van der Waals surface area contributed by atoms with Crippen LogP contribution in [0.5, 0.6) is 11.5 Å². The summed E-state index contributed by atoms with van der Waals surface area (Å²) in [6.45, 7) is 2.06. The number of nitrogens with zero attached hydrogens (tertiary/aromatic N) is 2. The van der Waals surface area contributed by atoms with Crippen LogP contribution >= 0.6 is 0 Å². The monoisotopic (exact) mass is 414 g/mol. The van der Waals surface area contributed by atoms with E-state index < -0.39 is 5.97 Å². The smallest absolute Gasteiger partial charge is 0.336 e. The van der Waals surface area contributed by atoms with Gasteiger partial charge in [0.2, 0.25) is 0 Å². The third-order valence-corrected chi connectivity index (χ3v) is 5.45. The molecule has 1 aliphatic carbocycles. The van der Waals surface area contributed by atoms with Crippen molar-refractivity contribution in [2.75, 3.05) is 13.7 Å². The number of hydrogen-bond acceptors (Lipinski definition) is 5. The lowest BCUT2D eigenvalue weighted by atomic mass is 9.80. The Morgan fingerprint density at radius 1 is 1.26 bits per heavy atom. The summed E-state index contributed by atoms with van der Waals surface area (Å²) in [5, 5.41) is 19.4. The molecule has 0 bridgehead atoms. The fourth-order valence-corrected chi connectivity index (χ4v) is 4.18. The quantitative estimate of drug-likeness (QED) is 0.634. The van der Waals surface area contributed by atoms with E-state index in [1.165, 1.54) is 0 Å². The van der Waals surface area contributed by atoms with Gasteiger partial charge in [-0.3, -0.25) is 0 Å². The molecule has 2 aromatic carbocycles. The molecule has 0 spiro atoms. The molecule has 1 heterocycles. The minimum atomic E-state index is -0.927. The van der Waals surface area contributed by atoms with Crippen LogP contribution in [0.3, 0.4) is 0 Å². The van der Waals surface area contributed by atoms with Crippen LogP contribution in [0, 0.1) is 17.2 Å².